The molecule has 2 aromatic carbocycles. The third-order valence-corrected chi connectivity index (χ3v) is 3.39. The highest BCUT2D eigenvalue weighted by Gasteiger charge is 2.05. The molecule has 1 atom stereocenters. The predicted octanol–water partition coefficient (Wildman–Crippen LogP) is 2.51. The monoisotopic (exact) mass is 298 g/mol. The van der Waals surface area contributed by atoms with Crippen LogP contribution in [0, 0.1) is 0 Å². The number of hydrogen-bond acceptors (Lipinski definition) is 3. The molecule has 116 valence electrons. The first kappa shape index (κ1) is 16.2. The Morgan fingerprint density at radius 3 is 2.41 bits per heavy atom. The fourth-order valence-corrected chi connectivity index (χ4v) is 2.22. The van der Waals surface area contributed by atoms with Crippen LogP contribution in [-0.2, 0) is 11.2 Å². The van der Waals surface area contributed by atoms with Gasteiger partial charge in [0.05, 0.1) is 6.10 Å². The number of aliphatic hydroxyl groups is 1. The van der Waals surface area contributed by atoms with Crippen molar-refractivity contribution in [3.8, 4) is 0 Å². The Labute approximate surface area is 131 Å². The van der Waals surface area contributed by atoms with Gasteiger partial charge in [0.1, 0.15) is 0 Å². The number of hydrogen-bond donors (Lipinski definition) is 3. The van der Waals surface area contributed by atoms with Crippen molar-refractivity contribution < 1.29 is 9.90 Å². The smallest absolute Gasteiger partial charge is 0.221 e. The molecule has 0 heterocycles. The average Bonchev–Trinajstić information content (AvgIpc) is 2.53. The molecule has 0 fully saturated rings. The summed E-state index contributed by atoms with van der Waals surface area (Å²) in [6.45, 7) is 2.83. The van der Waals surface area contributed by atoms with Crippen molar-refractivity contribution >= 4 is 11.6 Å². The molecule has 0 aliphatic carbocycles. The molecule has 0 bridgehead atoms. The van der Waals surface area contributed by atoms with Crippen LogP contribution in [0.1, 0.15) is 24.2 Å². The highest BCUT2D eigenvalue weighted by atomic mass is 16.3. The first-order chi connectivity index (χ1) is 10.6. The summed E-state index contributed by atoms with van der Waals surface area (Å²) < 4.78 is 0. The summed E-state index contributed by atoms with van der Waals surface area (Å²) >= 11 is 0. The fourth-order valence-electron chi connectivity index (χ4n) is 2.22. The third-order valence-electron chi connectivity index (χ3n) is 3.39. The van der Waals surface area contributed by atoms with E-state index in [-0.39, 0.29) is 5.91 Å². The summed E-state index contributed by atoms with van der Waals surface area (Å²) in [5.74, 6) is -0.0654. The first-order valence-electron chi connectivity index (χ1n) is 7.45. The van der Waals surface area contributed by atoms with Crippen molar-refractivity contribution in [2.24, 2.45) is 0 Å². The molecule has 0 aliphatic rings. The molecule has 2 aromatic rings. The molecule has 2 rings (SSSR count). The lowest BCUT2D eigenvalue weighted by Gasteiger charge is -2.12. The van der Waals surface area contributed by atoms with Crippen molar-refractivity contribution in [1.82, 2.24) is 5.32 Å². The van der Waals surface area contributed by atoms with Gasteiger partial charge < -0.3 is 15.7 Å². The Kier molecular flexibility index (Phi) is 6.13. The van der Waals surface area contributed by atoms with E-state index < -0.39 is 6.10 Å². The van der Waals surface area contributed by atoms with E-state index in [2.05, 4.69) is 10.6 Å². The standard InChI is InChI=1S/C18H22N2O2/c1-14(21)20-17-9-7-15(8-10-17)11-12-19-13-18(22)16-5-3-2-4-6-16/h2-10,18-19,22H,11-13H2,1H3,(H,20,21). The minimum absolute atomic E-state index is 0.0654. The van der Waals surface area contributed by atoms with E-state index in [1.54, 1.807) is 0 Å². The highest BCUT2D eigenvalue weighted by molar-refractivity contribution is 5.88. The lowest BCUT2D eigenvalue weighted by molar-refractivity contribution is -0.114. The van der Waals surface area contributed by atoms with Crippen molar-refractivity contribution in [1.29, 1.82) is 0 Å². The third kappa shape index (κ3) is 5.31. The van der Waals surface area contributed by atoms with Gasteiger partial charge in [0, 0.05) is 19.2 Å². The normalized spacial score (nSPS) is 11.9. The summed E-state index contributed by atoms with van der Waals surface area (Å²) in [7, 11) is 0. The average molecular weight is 298 g/mol. The lowest BCUT2D eigenvalue weighted by Crippen LogP contribution is -2.23. The van der Waals surface area contributed by atoms with E-state index in [1.165, 1.54) is 12.5 Å². The Balaban J connectivity index is 1.71. The van der Waals surface area contributed by atoms with Gasteiger partial charge in [-0.3, -0.25) is 4.79 Å². The molecule has 0 saturated heterocycles. The van der Waals surface area contributed by atoms with Crippen LogP contribution in [0.15, 0.2) is 54.6 Å². The Bertz CT molecular complexity index is 582. The van der Waals surface area contributed by atoms with E-state index in [4.69, 9.17) is 0 Å². The summed E-state index contributed by atoms with van der Waals surface area (Å²) in [4.78, 5) is 10.9. The number of amides is 1. The molecule has 0 aliphatic heterocycles. The largest absolute Gasteiger partial charge is 0.387 e. The minimum atomic E-state index is -0.483. The van der Waals surface area contributed by atoms with Gasteiger partial charge in [-0.25, -0.2) is 0 Å². The van der Waals surface area contributed by atoms with Crippen LogP contribution >= 0.6 is 0 Å². The Morgan fingerprint density at radius 2 is 1.77 bits per heavy atom. The van der Waals surface area contributed by atoms with E-state index in [9.17, 15) is 9.90 Å². The maximum absolute atomic E-state index is 10.9. The highest BCUT2D eigenvalue weighted by Crippen LogP contribution is 2.11. The van der Waals surface area contributed by atoms with Gasteiger partial charge in [0.2, 0.25) is 5.91 Å². The van der Waals surface area contributed by atoms with Crippen molar-refractivity contribution in [2.75, 3.05) is 18.4 Å². The lowest BCUT2D eigenvalue weighted by atomic mass is 10.1. The van der Waals surface area contributed by atoms with Crippen molar-refractivity contribution in [3.05, 3.63) is 65.7 Å². The zero-order valence-corrected chi connectivity index (χ0v) is 12.8. The number of rotatable bonds is 7. The van der Waals surface area contributed by atoms with Gasteiger partial charge >= 0.3 is 0 Å². The molecule has 1 unspecified atom stereocenters. The minimum Gasteiger partial charge on any atom is -0.387 e. The van der Waals surface area contributed by atoms with Gasteiger partial charge in [-0.2, -0.15) is 0 Å². The second-order valence-corrected chi connectivity index (χ2v) is 5.26. The van der Waals surface area contributed by atoms with Crippen LogP contribution < -0.4 is 10.6 Å². The number of carbonyl (C=O) groups excluding carboxylic acids is 1. The van der Waals surface area contributed by atoms with Gasteiger partial charge in [-0.1, -0.05) is 42.5 Å². The van der Waals surface area contributed by atoms with Crippen molar-refractivity contribution in [3.63, 3.8) is 0 Å². The number of aliphatic hydroxyl groups excluding tert-OH is 1. The number of carbonyl (C=O) groups is 1. The Morgan fingerprint density at radius 1 is 1.09 bits per heavy atom. The SMILES string of the molecule is CC(=O)Nc1ccc(CCNCC(O)c2ccccc2)cc1. The van der Waals surface area contributed by atoms with E-state index in [0.29, 0.717) is 6.54 Å². The summed E-state index contributed by atoms with van der Waals surface area (Å²) in [6, 6.07) is 17.4. The second-order valence-electron chi connectivity index (χ2n) is 5.26. The van der Waals surface area contributed by atoms with Crippen LogP contribution in [0.2, 0.25) is 0 Å². The molecule has 3 N–H and O–H groups in total. The number of anilines is 1. The second kappa shape index (κ2) is 8.32. The number of nitrogens with one attached hydrogen (secondary N) is 2. The molecule has 22 heavy (non-hydrogen) atoms. The molecule has 1 amide bonds. The molecule has 0 spiro atoms. The topological polar surface area (TPSA) is 61.4 Å². The van der Waals surface area contributed by atoms with Gasteiger partial charge in [-0.05, 0) is 36.2 Å². The predicted molar refractivity (Wildman–Crippen MR) is 88.7 cm³/mol. The Hall–Kier alpha value is -2.17. The number of benzene rings is 2. The molecule has 0 saturated carbocycles. The summed E-state index contributed by atoms with van der Waals surface area (Å²) in [5, 5.41) is 16.0. The van der Waals surface area contributed by atoms with E-state index in [0.717, 1.165) is 24.2 Å². The van der Waals surface area contributed by atoms with Gasteiger partial charge in [-0.15, -0.1) is 0 Å². The van der Waals surface area contributed by atoms with Crippen molar-refractivity contribution in [2.45, 2.75) is 19.4 Å². The molecule has 0 radical (unpaired) electrons. The van der Waals surface area contributed by atoms with Gasteiger partial charge in [0.25, 0.3) is 0 Å². The van der Waals surface area contributed by atoms with Crippen LogP contribution in [0.25, 0.3) is 0 Å². The zero-order valence-electron chi connectivity index (χ0n) is 12.8. The molecular formula is C18H22N2O2. The van der Waals surface area contributed by atoms with Crippen LogP contribution in [0.4, 0.5) is 5.69 Å². The molecule has 4 heteroatoms. The fraction of sp³-hybridized carbons (Fsp3) is 0.278. The molecular weight excluding hydrogens is 276 g/mol. The summed E-state index contributed by atoms with van der Waals surface area (Å²) in [5.41, 5.74) is 2.93. The molecule has 4 nitrogen and oxygen atoms in total. The van der Waals surface area contributed by atoms with E-state index >= 15 is 0 Å². The molecule has 0 aromatic heterocycles. The maximum atomic E-state index is 10.9. The summed E-state index contributed by atoms with van der Waals surface area (Å²) in [6.07, 6.45) is 0.394. The van der Waals surface area contributed by atoms with Crippen LogP contribution in [0.5, 0.6) is 0 Å². The van der Waals surface area contributed by atoms with Gasteiger partial charge in [0.15, 0.2) is 0 Å². The quantitative estimate of drug-likeness (QED) is 0.688. The maximum Gasteiger partial charge on any atom is 0.221 e. The van der Waals surface area contributed by atoms with Crippen LogP contribution in [0.3, 0.4) is 0 Å². The first-order valence-corrected chi connectivity index (χ1v) is 7.45. The van der Waals surface area contributed by atoms with Crippen LogP contribution in [-0.4, -0.2) is 24.1 Å². The zero-order chi connectivity index (χ0) is 15.8. The van der Waals surface area contributed by atoms with E-state index in [1.807, 2.05) is 54.6 Å².